The molecule has 3 fully saturated rings. The number of likely N-dealkylation sites (tertiary alicyclic amines) is 1. The van der Waals surface area contributed by atoms with Gasteiger partial charge in [-0.05, 0) is 73.5 Å². The zero-order valence-corrected chi connectivity index (χ0v) is 20.0. The van der Waals surface area contributed by atoms with Gasteiger partial charge in [-0.1, -0.05) is 50.8 Å². The molecule has 1 aromatic carbocycles. The monoisotopic (exact) mass is 438 g/mol. The number of aryl methyl sites for hydroxylation is 1. The lowest BCUT2D eigenvalue weighted by Crippen LogP contribution is -2.55. The molecule has 2 aliphatic carbocycles. The molecular weight excluding hydrogens is 396 g/mol. The Labute approximate surface area is 194 Å². The van der Waals surface area contributed by atoms with Gasteiger partial charge < -0.3 is 15.3 Å². The zero-order chi connectivity index (χ0) is 22.1. The number of benzene rings is 1. The molecule has 2 aliphatic heterocycles. The van der Waals surface area contributed by atoms with Gasteiger partial charge in [0.15, 0.2) is 0 Å². The van der Waals surface area contributed by atoms with Crippen molar-refractivity contribution in [3.63, 3.8) is 0 Å². The highest BCUT2D eigenvalue weighted by molar-refractivity contribution is 5.82. The molecule has 4 aliphatic rings. The van der Waals surface area contributed by atoms with E-state index in [1.165, 1.54) is 62.5 Å². The highest BCUT2D eigenvalue weighted by atomic mass is 16.3. The molecule has 5 rings (SSSR count). The number of nitrogens with one attached hydrogen (secondary N) is 1. The summed E-state index contributed by atoms with van der Waals surface area (Å²) in [5.74, 6) is 1.97. The lowest BCUT2D eigenvalue weighted by Gasteiger charge is -2.48. The van der Waals surface area contributed by atoms with E-state index in [1.807, 2.05) is 0 Å². The summed E-state index contributed by atoms with van der Waals surface area (Å²) in [5.41, 5.74) is 3.66. The van der Waals surface area contributed by atoms with Gasteiger partial charge in [-0.3, -0.25) is 4.79 Å². The molecule has 4 nitrogen and oxygen atoms in total. The van der Waals surface area contributed by atoms with E-state index in [-0.39, 0.29) is 17.9 Å². The van der Waals surface area contributed by atoms with Crippen LogP contribution in [-0.4, -0.2) is 41.6 Å². The van der Waals surface area contributed by atoms with Gasteiger partial charge in [0.2, 0.25) is 5.91 Å². The third-order valence-corrected chi connectivity index (χ3v) is 9.52. The number of aliphatic hydroxyl groups excluding tert-OH is 1. The van der Waals surface area contributed by atoms with Crippen LogP contribution in [0.2, 0.25) is 0 Å². The maximum atomic E-state index is 14.3. The summed E-state index contributed by atoms with van der Waals surface area (Å²) in [6, 6.07) is 6.95. The zero-order valence-electron chi connectivity index (χ0n) is 20.0. The minimum Gasteiger partial charge on any atom is -0.392 e. The first-order valence-electron chi connectivity index (χ1n) is 13.4. The number of carbonyl (C=O) groups excluding carboxylic acids is 1. The SMILES string of the molecule is CCC1CCN(C(=O)C2CNCC23CCCc2cc(CO)ccc23)C(C2CCCCC2)C1. The Bertz CT molecular complexity index is 818. The van der Waals surface area contributed by atoms with Crippen molar-refractivity contribution in [2.24, 2.45) is 17.8 Å². The van der Waals surface area contributed by atoms with E-state index in [9.17, 15) is 9.90 Å². The van der Waals surface area contributed by atoms with E-state index in [1.54, 1.807) is 0 Å². The van der Waals surface area contributed by atoms with Crippen LogP contribution < -0.4 is 5.32 Å². The van der Waals surface area contributed by atoms with Crippen LogP contribution in [0.1, 0.15) is 87.8 Å². The van der Waals surface area contributed by atoms with Crippen molar-refractivity contribution >= 4 is 5.91 Å². The van der Waals surface area contributed by atoms with Gasteiger partial charge in [-0.25, -0.2) is 0 Å². The minimum absolute atomic E-state index is 0.0470. The number of piperidine rings is 1. The molecule has 1 spiro atoms. The first-order chi connectivity index (χ1) is 15.7. The van der Waals surface area contributed by atoms with Crippen LogP contribution >= 0.6 is 0 Å². The van der Waals surface area contributed by atoms with Gasteiger partial charge in [0, 0.05) is 31.1 Å². The number of fused-ring (bicyclic) bond motifs is 2. The first-order valence-corrected chi connectivity index (χ1v) is 13.4. The van der Waals surface area contributed by atoms with Crippen molar-refractivity contribution in [1.82, 2.24) is 10.2 Å². The fraction of sp³-hybridized carbons (Fsp3) is 0.750. The van der Waals surface area contributed by atoms with Gasteiger partial charge >= 0.3 is 0 Å². The number of aliphatic hydroxyl groups is 1. The Morgan fingerprint density at radius 3 is 2.81 bits per heavy atom. The summed E-state index contributed by atoms with van der Waals surface area (Å²) < 4.78 is 0. The van der Waals surface area contributed by atoms with Crippen LogP contribution in [-0.2, 0) is 23.2 Å². The van der Waals surface area contributed by atoms with Crippen molar-refractivity contribution in [1.29, 1.82) is 0 Å². The second-order valence-corrected chi connectivity index (χ2v) is 11.1. The summed E-state index contributed by atoms with van der Waals surface area (Å²) in [6.45, 7) is 5.10. The number of hydrogen-bond acceptors (Lipinski definition) is 3. The van der Waals surface area contributed by atoms with E-state index in [0.29, 0.717) is 17.9 Å². The van der Waals surface area contributed by atoms with E-state index >= 15 is 0 Å². The molecule has 2 heterocycles. The molecule has 176 valence electrons. The van der Waals surface area contributed by atoms with E-state index in [0.717, 1.165) is 50.4 Å². The molecule has 2 saturated heterocycles. The summed E-state index contributed by atoms with van der Waals surface area (Å²) >= 11 is 0. The maximum absolute atomic E-state index is 14.3. The van der Waals surface area contributed by atoms with Crippen molar-refractivity contribution in [3.05, 3.63) is 34.9 Å². The number of carbonyl (C=O) groups is 1. The Morgan fingerprint density at radius 2 is 2.03 bits per heavy atom. The summed E-state index contributed by atoms with van der Waals surface area (Å²) in [7, 11) is 0. The number of hydrogen-bond donors (Lipinski definition) is 2. The third kappa shape index (κ3) is 3.92. The van der Waals surface area contributed by atoms with Gasteiger partial charge in [-0.2, -0.15) is 0 Å². The average molecular weight is 439 g/mol. The first kappa shape index (κ1) is 22.4. The topological polar surface area (TPSA) is 52.6 Å². The normalized spacial score (nSPS) is 33.4. The second-order valence-electron chi connectivity index (χ2n) is 11.1. The predicted molar refractivity (Wildman–Crippen MR) is 128 cm³/mol. The maximum Gasteiger partial charge on any atom is 0.228 e. The van der Waals surface area contributed by atoms with Gasteiger partial charge in [0.25, 0.3) is 0 Å². The molecule has 2 N–H and O–H groups in total. The number of amides is 1. The molecule has 4 heteroatoms. The average Bonchev–Trinajstić information content (AvgIpc) is 3.27. The Hall–Kier alpha value is -1.39. The highest BCUT2D eigenvalue weighted by Gasteiger charge is 2.52. The van der Waals surface area contributed by atoms with E-state index in [2.05, 4.69) is 35.3 Å². The molecule has 1 aromatic rings. The van der Waals surface area contributed by atoms with Crippen molar-refractivity contribution < 1.29 is 9.90 Å². The molecule has 1 saturated carbocycles. The summed E-state index contributed by atoms with van der Waals surface area (Å²) in [6.07, 6.45) is 13.6. The van der Waals surface area contributed by atoms with Crippen molar-refractivity contribution in [2.75, 3.05) is 19.6 Å². The quantitative estimate of drug-likeness (QED) is 0.724. The van der Waals surface area contributed by atoms with Crippen LogP contribution in [0.25, 0.3) is 0 Å². The lowest BCUT2D eigenvalue weighted by molar-refractivity contribution is -0.143. The van der Waals surface area contributed by atoms with Crippen LogP contribution in [0.4, 0.5) is 0 Å². The number of rotatable bonds is 4. The molecule has 0 aromatic heterocycles. The van der Waals surface area contributed by atoms with E-state index in [4.69, 9.17) is 0 Å². The van der Waals surface area contributed by atoms with Crippen LogP contribution in [0, 0.1) is 17.8 Å². The lowest BCUT2D eigenvalue weighted by atomic mass is 9.63. The Kier molecular flexibility index (Phi) is 6.63. The standard InChI is InChI=1S/C28H42N2O2/c1-2-20-12-14-30(26(16-20)22-7-4-3-5-8-22)27(32)25-17-29-19-28(25)13-6-9-23-15-21(18-31)10-11-24(23)28/h10-11,15,20,22,25-26,29,31H,2-9,12-14,16-19H2,1H3. The van der Waals surface area contributed by atoms with Gasteiger partial charge in [0.05, 0.1) is 12.5 Å². The highest BCUT2D eigenvalue weighted by Crippen LogP contribution is 2.47. The summed E-state index contributed by atoms with van der Waals surface area (Å²) in [4.78, 5) is 16.7. The Morgan fingerprint density at radius 1 is 1.19 bits per heavy atom. The van der Waals surface area contributed by atoms with Crippen molar-refractivity contribution in [2.45, 2.75) is 95.6 Å². The van der Waals surface area contributed by atoms with Gasteiger partial charge in [0.1, 0.15) is 0 Å². The minimum atomic E-state index is -0.0721. The summed E-state index contributed by atoms with van der Waals surface area (Å²) in [5, 5.41) is 13.3. The molecule has 1 amide bonds. The van der Waals surface area contributed by atoms with Crippen LogP contribution in [0.3, 0.4) is 0 Å². The molecule has 4 atom stereocenters. The molecule has 0 bridgehead atoms. The smallest absolute Gasteiger partial charge is 0.228 e. The van der Waals surface area contributed by atoms with Gasteiger partial charge in [-0.15, -0.1) is 0 Å². The molecule has 0 radical (unpaired) electrons. The van der Waals surface area contributed by atoms with Crippen LogP contribution in [0.15, 0.2) is 18.2 Å². The van der Waals surface area contributed by atoms with E-state index < -0.39 is 0 Å². The fourth-order valence-electron chi connectivity index (χ4n) is 7.68. The number of nitrogens with zero attached hydrogens (tertiary/aromatic N) is 1. The molecule has 32 heavy (non-hydrogen) atoms. The predicted octanol–water partition coefficient (Wildman–Crippen LogP) is 4.57. The van der Waals surface area contributed by atoms with Crippen molar-refractivity contribution in [3.8, 4) is 0 Å². The Balaban J connectivity index is 1.44. The fourth-order valence-corrected chi connectivity index (χ4v) is 7.68. The largest absolute Gasteiger partial charge is 0.392 e. The molecule has 4 unspecified atom stereocenters. The third-order valence-electron chi connectivity index (χ3n) is 9.52. The second kappa shape index (κ2) is 9.46. The molecular formula is C28H42N2O2. The van der Waals surface area contributed by atoms with Crippen LogP contribution in [0.5, 0.6) is 0 Å².